The summed E-state index contributed by atoms with van der Waals surface area (Å²) in [6.07, 6.45) is 3.21. The van der Waals surface area contributed by atoms with E-state index in [-0.39, 0.29) is 55.2 Å². The van der Waals surface area contributed by atoms with Gasteiger partial charge in [-0.05, 0) is 56.8 Å². The molecular formula is C28H40ClN5O6. The van der Waals surface area contributed by atoms with Gasteiger partial charge in [-0.3, -0.25) is 14.4 Å². The highest BCUT2D eigenvalue weighted by molar-refractivity contribution is 5.91. The van der Waals surface area contributed by atoms with E-state index >= 15 is 0 Å². The Balaban J connectivity index is 0.00000441. The maximum Gasteiger partial charge on any atom is 0.243 e. The molecule has 1 fully saturated rings. The molecule has 2 atom stereocenters. The molecule has 0 saturated carbocycles. The molecule has 11 nitrogen and oxygen atoms in total. The van der Waals surface area contributed by atoms with Gasteiger partial charge in [-0.1, -0.05) is 20.3 Å². The van der Waals surface area contributed by atoms with Crippen molar-refractivity contribution in [1.29, 1.82) is 0 Å². The topological polar surface area (TPSA) is 135 Å². The summed E-state index contributed by atoms with van der Waals surface area (Å²) in [7, 11) is 1.57. The fourth-order valence-electron chi connectivity index (χ4n) is 4.83. The number of carbonyl (C=O) groups excluding carboxylic acids is 3. The van der Waals surface area contributed by atoms with Crippen molar-refractivity contribution in [3.8, 4) is 23.0 Å². The Bertz CT molecular complexity index is 1180. The molecule has 0 spiro atoms. The lowest BCUT2D eigenvalue weighted by Gasteiger charge is -2.30. The monoisotopic (exact) mass is 577 g/mol. The number of oxazole rings is 1. The lowest BCUT2D eigenvalue weighted by atomic mass is 10.0. The molecule has 3 heterocycles. The molecule has 1 aromatic carbocycles. The first-order valence-corrected chi connectivity index (χ1v) is 13.6. The zero-order chi connectivity index (χ0) is 27.9. The van der Waals surface area contributed by atoms with Crippen molar-refractivity contribution in [2.75, 3.05) is 33.4 Å². The number of carbonyl (C=O) groups is 3. The number of halogens is 1. The van der Waals surface area contributed by atoms with Gasteiger partial charge in [-0.15, -0.1) is 12.4 Å². The lowest BCUT2D eigenvalue weighted by molar-refractivity contribution is -0.139. The number of nitrogens with zero attached hydrogens (tertiary/aromatic N) is 2. The molecule has 4 bridgehead atoms. The maximum atomic E-state index is 13.4. The minimum Gasteiger partial charge on any atom is -0.493 e. The Morgan fingerprint density at radius 2 is 2.00 bits per heavy atom. The maximum absolute atomic E-state index is 13.4. The highest BCUT2D eigenvalue weighted by atomic mass is 35.5. The van der Waals surface area contributed by atoms with E-state index in [1.54, 1.807) is 31.1 Å². The Kier molecular flexibility index (Phi) is 11.2. The van der Waals surface area contributed by atoms with Crippen molar-refractivity contribution in [1.82, 2.24) is 25.8 Å². The molecule has 1 saturated heterocycles. The predicted molar refractivity (Wildman–Crippen MR) is 151 cm³/mol. The van der Waals surface area contributed by atoms with Gasteiger partial charge < -0.3 is 34.7 Å². The number of aromatic nitrogens is 1. The van der Waals surface area contributed by atoms with E-state index in [0.29, 0.717) is 54.0 Å². The van der Waals surface area contributed by atoms with E-state index < -0.39 is 6.04 Å². The molecule has 1 aromatic heterocycles. The summed E-state index contributed by atoms with van der Waals surface area (Å²) >= 11 is 0. The number of benzene rings is 1. The normalized spacial score (nSPS) is 20.8. The number of amides is 3. The second kappa shape index (κ2) is 14.4. The van der Waals surface area contributed by atoms with Crippen molar-refractivity contribution in [2.45, 2.75) is 65.1 Å². The number of methoxy groups -OCH3 is 1. The highest BCUT2D eigenvalue weighted by Crippen LogP contribution is 2.33. The molecular weight excluding hydrogens is 538 g/mol. The predicted octanol–water partition coefficient (Wildman–Crippen LogP) is 2.59. The first-order chi connectivity index (χ1) is 18.8. The average Bonchev–Trinajstić information content (AvgIpc) is 3.31. The van der Waals surface area contributed by atoms with Crippen molar-refractivity contribution in [3.05, 3.63) is 29.7 Å². The van der Waals surface area contributed by atoms with Crippen LogP contribution in [-0.4, -0.2) is 73.0 Å². The molecule has 4 rings (SSSR count). The molecule has 0 aliphatic carbocycles. The smallest absolute Gasteiger partial charge is 0.243 e. The first kappa shape index (κ1) is 31.2. The van der Waals surface area contributed by atoms with Gasteiger partial charge >= 0.3 is 0 Å². The lowest BCUT2D eigenvalue weighted by Crippen LogP contribution is -2.55. The third-order valence-corrected chi connectivity index (χ3v) is 7.08. The largest absolute Gasteiger partial charge is 0.493 e. The number of rotatable bonds is 3. The van der Waals surface area contributed by atoms with Gasteiger partial charge in [0.05, 0.1) is 32.8 Å². The molecule has 12 heteroatoms. The summed E-state index contributed by atoms with van der Waals surface area (Å²) in [5.74, 6) is 1.07. The van der Waals surface area contributed by atoms with Gasteiger partial charge in [0.15, 0.2) is 11.5 Å². The number of hydrogen-bond acceptors (Lipinski definition) is 8. The van der Waals surface area contributed by atoms with Gasteiger partial charge in [0.1, 0.15) is 17.5 Å². The minimum absolute atomic E-state index is 0. The van der Waals surface area contributed by atoms with Crippen LogP contribution in [0.25, 0.3) is 11.5 Å². The molecule has 3 N–H and O–H groups in total. The van der Waals surface area contributed by atoms with Gasteiger partial charge in [0.2, 0.25) is 23.6 Å². The van der Waals surface area contributed by atoms with E-state index in [0.717, 1.165) is 25.8 Å². The fourth-order valence-corrected chi connectivity index (χ4v) is 4.83. The number of ether oxygens (including phenoxy) is 2. The van der Waals surface area contributed by atoms with Crippen molar-refractivity contribution in [2.24, 2.45) is 5.92 Å². The van der Waals surface area contributed by atoms with E-state index in [1.807, 2.05) is 19.9 Å². The van der Waals surface area contributed by atoms with Crippen LogP contribution in [0.2, 0.25) is 0 Å². The van der Waals surface area contributed by atoms with Crippen LogP contribution < -0.4 is 25.4 Å². The van der Waals surface area contributed by atoms with E-state index in [2.05, 4.69) is 20.9 Å². The standard InChI is InChI=1S/C28H39N5O6.ClH/c1-17(2)25-26(35)30-15-21-18(3)39-27(31-21)19-9-10-22(37-4)23(14-19)38-13-7-12-33(16-24(34)32-25)28(36)20-8-5-6-11-29-20;/h9-10,14,17,20,25,29H,5-8,11-13,15-16H2,1-4H3,(H,30,35)(H,32,34);1H/t20-,25+;/m1./s1. The molecule has 2 aromatic rings. The zero-order valence-corrected chi connectivity index (χ0v) is 24.4. The Labute approximate surface area is 241 Å². The van der Waals surface area contributed by atoms with Crippen LogP contribution in [0.15, 0.2) is 22.6 Å². The summed E-state index contributed by atoms with van der Waals surface area (Å²) < 4.78 is 17.4. The van der Waals surface area contributed by atoms with Crippen molar-refractivity contribution >= 4 is 30.1 Å². The number of aryl methyl sites for hydroxylation is 1. The summed E-state index contributed by atoms with van der Waals surface area (Å²) in [6, 6.07) is 4.33. The second-order valence-corrected chi connectivity index (χ2v) is 10.4. The average molecular weight is 578 g/mol. The molecule has 0 unspecified atom stereocenters. The number of piperidine rings is 1. The quantitative estimate of drug-likeness (QED) is 0.507. The van der Waals surface area contributed by atoms with Crippen LogP contribution in [0.3, 0.4) is 0 Å². The van der Waals surface area contributed by atoms with E-state index in [9.17, 15) is 14.4 Å². The van der Waals surface area contributed by atoms with Crippen LogP contribution in [0, 0.1) is 12.8 Å². The molecule has 0 radical (unpaired) electrons. The van der Waals surface area contributed by atoms with Gasteiger partial charge in [-0.25, -0.2) is 4.98 Å². The Morgan fingerprint density at radius 1 is 1.20 bits per heavy atom. The molecule has 2 aliphatic rings. The minimum atomic E-state index is -0.764. The van der Waals surface area contributed by atoms with Crippen LogP contribution >= 0.6 is 12.4 Å². The van der Waals surface area contributed by atoms with Crippen molar-refractivity contribution in [3.63, 3.8) is 0 Å². The third-order valence-electron chi connectivity index (χ3n) is 7.08. The van der Waals surface area contributed by atoms with Gasteiger partial charge in [0, 0.05) is 12.1 Å². The summed E-state index contributed by atoms with van der Waals surface area (Å²) in [5.41, 5.74) is 1.29. The summed E-state index contributed by atoms with van der Waals surface area (Å²) in [4.78, 5) is 45.7. The fraction of sp³-hybridized carbons (Fsp3) is 0.571. The number of nitrogens with one attached hydrogen (secondary N) is 3. The molecule has 3 amide bonds. The highest BCUT2D eigenvalue weighted by Gasteiger charge is 2.30. The first-order valence-electron chi connectivity index (χ1n) is 13.6. The zero-order valence-electron chi connectivity index (χ0n) is 23.6. The van der Waals surface area contributed by atoms with Crippen LogP contribution in [0.4, 0.5) is 0 Å². The third kappa shape index (κ3) is 7.66. The van der Waals surface area contributed by atoms with Crippen LogP contribution in [0.1, 0.15) is 51.0 Å². The number of hydrogen-bond donors (Lipinski definition) is 3. The Morgan fingerprint density at radius 3 is 2.70 bits per heavy atom. The van der Waals surface area contributed by atoms with Crippen molar-refractivity contribution < 1.29 is 28.3 Å². The summed E-state index contributed by atoms with van der Waals surface area (Å²) in [5, 5.41) is 8.98. The SMILES string of the molecule is COc1ccc2cc1OCCCN(C(=O)[C@H]1CCCCN1)CC(=O)N[C@@H](C(C)C)C(=O)NCc1nc-2oc1C.Cl. The van der Waals surface area contributed by atoms with E-state index in [1.165, 1.54) is 0 Å². The molecule has 2 aliphatic heterocycles. The van der Waals surface area contributed by atoms with Crippen LogP contribution in [0.5, 0.6) is 11.5 Å². The van der Waals surface area contributed by atoms with Gasteiger partial charge in [0.25, 0.3) is 0 Å². The van der Waals surface area contributed by atoms with Crippen LogP contribution in [-0.2, 0) is 20.9 Å². The van der Waals surface area contributed by atoms with E-state index in [4.69, 9.17) is 13.9 Å². The van der Waals surface area contributed by atoms with Gasteiger partial charge in [-0.2, -0.15) is 0 Å². The molecule has 220 valence electrons. The Hall–Kier alpha value is -3.31. The summed E-state index contributed by atoms with van der Waals surface area (Å²) in [6.45, 7) is 6.92. The molecule has 40 heavy (non-hydrogen) atoms. The second-order valence-electron chi connectivity index (χ2n) is 10.4. The number of fused-ring (bicyclic) bond motifs is 5.